The third-order valence-corrected chi connectivity index (χ3v) is 8.01. The molecular weight excluding hydrogens is 460 g/mol. The summed E-state index contributed by atoms with van der Waals surface area (Å²) >= 11 is 1.35. The summed E-state index contributed by atoms with van der Waals surface area (Å²) in [5.74, 6) is -0.207. The Labute approximate surface area is 196 Å². The van der Waals surface area contributed by atoms with Gasteiger partial charge < -0.3 is 5.32 Å². The van der Waals surface area contributed by atoms with Crippen LogP contribution in [-0.4, -0.2) is 43.1 Å². The Kier molecular flexibility index (Phi) is 6.87. The molecule has 1 aliphatic heterocycles. The van der Waals surface area contributed by atoms with Crippen LogP contribution < -0.4 is 10.2 Å². The summed E-state index contributed by atoms with van der Waals surface area (Å²) in [7, 11) is -2.12. The second-order valence-corrected chi connectivity index (χ2v) is 10.6. The Morgan fingerprint density at radius 2 is 1.88 bits per heavy atom. The van der Waals surface area contributed by atoms with Crippen molar-refractivity contribution in [3.05, 3.63) is 71.2 Å². The minimum absolute atomic E-state index is 0.0600. The molecule has 0 aliphatic carbocycles. The van der Waals surface area contributed by atoms with Crippen LogP contribution in [0.1, 0.15) is 24.1 Å². The van der Waals surface area contributed by atoms with E-state index in [-0.39, 0.29) is 29.7 Å². The summed E-state index contributed by atoms with van der Waals surface area (Å²) in [5, 5.41) is 5.16. The summed E-state index contributed by atoms with van der Waals surface area (Å²) < 4.78 is 27.0. The van der Waals surface area contributed by atoms with Crippen LogP contribution in [0, 0.1) is 0 Å². The van der Waals surface area contributed by atoms with Crippen LogP contribution in [0.15, 0.2) is 64.9 Å². The van der Waals surface area contributed by atoms with E-state index < -0.39 is 10.0 Å². The van der Waals surface area contributed by atoms with Crippen molar-refractivity contribution < 1.29 is 18.0 Å². The third kappa shape index (κ3) is 5.47. The van der Waals surface area contributed by atoms with E-state index in [0.717, 1.165) is 12.0 Å². The maximum Gasteiger partial charge on any atom is 0.243 e. The van der Waals surface area contributed by atoms with Crippen LogP contribution in [-0.2, 0) is 32.6 Å². The van der Waals surface area contributed by atoms with Crippen molar-refractivity contribution in [1.29, 1.82) is 0 Å². The van der Waals surface area contributed by atoms with Crippen LogP contribution in [0.25, 0.3) is 0 Å². The first-order valence-corrected chi connectivity index (χ1v) is 12.8. The highest BCUT2D eigenvalue weighted by molar-refractivity contribution is 7.89. The molecule has 172 valence electrons. The van der Waals surface area contributed by atoms with Crippen LogP contribution in [0.3, 0.4) is 0 Å². The first-order valence-electron chi connectivity index (χ1n) is 10.5. The summed E-state index contributed by atoms with van der Waals surface area (Å²) in [4.78, 5) is 30.5. The van der Waals surface area contributed by atoms with E-state index >= 15 is 0 Å². The second kappa shape index (κ2) is 9.82. The van der Waals surface area contributed by atoms with Gasteiger partial charge in [-0.25, -0.2) is 13.4 Å². The Balaban J connectivity index is 1.35. The average Bonchev–Trinajstić information content (AvgIpc) is 3.43. The molecule has 33 heavy (non-hydrogen) atoms. The lowest BCUT2D eigenvalue weighted by molar-refractivity contribution is -0.117. The van der Waals surface area contributed by atoms with Gasteiger partial charge in [0.2, 0.25) is 21.8 Å². The van der Waals surface area contributed by atoms with E-state index in [2.05, 4.69) is 10.3 Å². The van der Waals surface area contributed by atoms with E-state index in [1.54, 1.807) is 22.4 Å². The van der Waals surface area contributed by atoms with Crippen LogP contribution in [0.5, 0.6) is 0 Å². The number of rotatable bonds is 8. The zero-order valence-electron chi connectivity index (χ0n) is 18.1. The summed E-state index contributed by atoms with van der Waals surface area (Å²) in [5.41, 5.74) is 1.98. The number of sulfonamides is 1. The molecule has 0 saturated carbocycles. The number of carbonyl (C=O) groups excluding carboxylic acids is 2. The van der Waals surface area contributed by atoms with Crippen molar-refractivity contribution in [2.45, 2.75) is 30.7 Å². The van der Waals surface area contributed by atoms with Crippen LogP contribution >= 0.6 is 11.3 Å². The number of hydrogen-bond acceptors (Lipinski definition) is 6. The molecule has 0 spiro atoms. The Hall–Kier alpha value is -3.08. The minimum atomic E-state index is -3.66. The number of amides is 2. The standard InChI is InChI=1S/C23H24N4O4S2/c1-26(15-17-6-3-2-4-7-17)33(30,31)20-11-9-18(10-12-20)24-21(28)14-19-16-32-23(25-19)27-13-5-8-22(27)29/h2-4,6-7,9-12,16H,5,8,13-15H2,1H3,(H,24,28). The van der Waals surface area contributed by atoms with Gasteiger partial charge in [-0.3, -0.25) is 14.5 Å². The zero-order valence-corrected chi connectivity index (χ0v) is 19.7. The fourth-order valence-corrected chi connectivity index (χ4v) is 5.56. The van der Waals surface area contributed by atoms with Gasteiger partial charge >= 0.3 is 0 Å². The predicted molar refractivity (Wildman–Crippen MR) is 128 cm³/mol. The van der Waals surface area contributed by atoms with Crippen molar-refractivity contribution in [1.82, 2.24) is 9.29 Å². The predicted octanol–water partition coefficient (Wildman–Crippen LogP) is 3.27. The van der Waals surface area contributed by atoms with Gasteiger partial charge in [-0.2, -0.15) is 4.31 Å². The fraction of sp³-hybridized carbons (Fsp3) is 0.261. The number of carbonyl (C=O) groups is 2. The number of nitrogens with zero attached hydrogens (tertiary/aromatic N) is 3. The van der Waals surface area contributed by atoms with E-state index in [4.69, 9.17) is 0 Å². The molecule has 4 rings (SSSR count). The maximum atomic E-state index is 12.8. The minimum Gasteiger partial charge on any atom is -0.326 e. The fourth-order valence-electron chi connectivity index (χ4n) is 3.54. The number of nitrogens with one attached hydrogen (secondary N) is 1. The molecule has 2 aromatic carbocycles. The van der Waals surface area contributed by atoms with E-state index in [0.29, 0.717) is 29.5 Å². The van der Waals surface area contributed by atoms with Crippen molar-refractivity contribution in [2.75, 3.05) is 23.8 Å². The number of hydrogen-bond donors (Lipinski definition) is 1. The van der Waals surface area contributed by atoms with Gasteiger partial charge in [0.05, 0.1) is 17.0 Å². The van der Waals surface area contributed by atoms with Gasteiger partial charge in [0.15, 0.2) is 5.13 Å². The molecular formula is C23H24N4O4S2. The summed E-state index contributed by atoms with van der Waals surface area (Å²) in [6.45, 7) is 0.925. The lowest BCUT2D eigenvalue weighted by Crippen LogP contribution is -2.26. The molecule has 0 bridgehead atoms. The largest absolute Gasteiger partial charge is 0.326 e. The van der Waals surface area contributed by atoms with Gasteiger partial charge in [0.25, 0.3) is 0 Å². The van der Waals surface area contributed by atoms with Gasteiger partial charge in [0, 0.05) is 37.6 Å². The SMILES string of the molecule is CN(Cc1ccccc1)S(=O)(=O)c1ccc(NC(=O)Cc2csc(N3CCCC3=O)n2)cc1. The van der Waals surface area contributed by atoms with E-state index in [1.807, 2.05) is 30.3 Å². The first-order chi connectivity index (χ1) is 15.8. The van der Waals surface area contributed by atoms with Crippen LogP contribution in [0.4, 0.5) is 10.8 Å². The van der Waals surface area contributed by atoms with Crippen molar-refractivity contribution >= 4 is 44.0 Å². The van der Waals surface area contributed by atoms with Crippen LogP contribution in [0.2, 0.25) is 0 Å². The maximum absolute atomic E-state index is 12.8. The highest BCUT2D eigenvalue weighted by Crippen LogP contribution is 2.25. The normalized spacial score (nSPS) is 14.1. The molecule has 10 heteroatoms. The molecule has 8 nitrogen and oxygen atoms in total. The van der Waals surface area contributed by atoms with Crippen molar-refractivity contribution in [2.24, 2.45) is 0 Å². The second-order valence-electron chi connectivity index (χ2n) is 7.77. The van der Waals surface area contributed by atoms with Crippen molar-refractivity contribution in [3.63, 3.8) is 0 Å². The molecule has 3 aromatic rings. The smallest absolute Gasteiger partial charge is 0.243 e. The molecule has 0 unspecified atom stereocenters. The molecule has 0 radical (unpaired) electrons. The first kappa shape index (κ1) is 23.1. The zero-order chi connectivity index (χ0) is 23.4. The van der Waals surface area contributed by atoms with Crippen molar-refractivity contribution in [3.8, 4) is 0 Å². The third-order valence-electron chi connectivity index (χ3n) is 5.28. The lowest BCUT2D eigenvalue weighted by Gasteiger charge is -2.17. The van der Waals surface area contributed by atoms with Gasteiger partial charge in [0.1, 0.15) is 0 Å². The molecule has 1 aliphatic rings. The van der Waals surface area contributed by atoms with Gasteiger partial charge in [-0.05, 0) is 36.2 Å². The molecule has 2 amide bonds. The van der Waals surface area contributed by atoms with Gasteiger partial charge in [-0.1, -0.05) is 30.3 Å². The average molecular weight is 485 g/mol. The molecule has 1 aromatic heterocycles. The number of aromatic nitrogens is 1. The van der Waals surface area contributed by atoms with E-state index in [1.165, 1.54) is 34.8 Å². The quantitative estimate of drug-likeness (QED) is 0.529. The van der Waals surface area contributed by atoms with Gasteiger partial charge in [-0.15, -0.1) is 11.3 Å². The molecule has 2 heterocycles. The highest BCUT2D eigenvalue weighted by atomic mass is 32.2. The summed E-state index contributed by atoms with van der Waals surface area (Å²) in [6.07, 6.45) is 1.42. The molecule has 1 N–H and O–H groups in total. The highest BCUT2D eigenvalue weighted by Gasteiger charge is 2.24. The molecule has 1 fully saturated rings. The number of thiazole rings is 1. The lowest BCUT2D eigenvalue weighted by atomic mass is 10.2. The number of benzene rings is 2. The van der Waals surface area contributed by atoms with E-state index in [9.17, 15) is 18.0 Å². The topological polar surface area (TPSA) is 99.7 Å². The Morgan fingerprint density at radius 3 is 2.55 bits per heavy atom. The molecule has 1 saturated heterocycles. The summed E-state index contributed by atoms with van der Waals surface area (Å²) in [6, 6.07) is 15.5. The molecule has 0 atom stereocenters. The monoisotopic (exact) mass is 484 g/mol. The number of anilines is 2. The Morgan fingerprint density at radius 1 is 1.15 bits per heavy atom. The Bertz CT molecular complexity index is 1240.